The lowest BCUT2D eigenvalue weighted by Gasteiger charge is -2.39. The Kier molecular flexibility index (Phi) is 5.36. The van der Waals surface area contributed by atoms with Crippen LogP contribution in [-0.4, -0.2) is 50.5 Å². The second kappa shape index (κ2) is 8.04. The Morgan fingerprint density at radius 2 is 1.77 bits per heavy atom. The van der Waals surface area contributed by atoms with Gasteiger partial charge >= 0.3 is 0 Å². The van der Waals surface area contributed by atoms with E-state index < -0.39 is 30.6 Å². The van der Waals surface area contributed by atoms with E-state index in [2.05, 4.69) is 24.3 Å². The average molecular weight is 441 g/mol. The molecule has 5 rings (SSSR count). The molecule has 2 heterocycles. The number of nitrogens with one attached hydrogen (secondary N) is 1. The summed E-state index contributed by atoms with van der Waals surface area (Å²) in [4.78, 5) is 0. The molecule has 5 atom stereocenters. The van der Waals surface area contributed by atoms with E-state index in [0.29, 0.717) is 17.4 Å². The molecule has 7 heteroatoms. The number of hydrogen-bond acceptors (Lipinski definition) is 5. The molecule has 3 aromatic rings. The summed E-state index contributed by atoms with van der Waals surface area (Å²) in [5.74, 6) is 0.707. The molecule has 1 aliphatic heterocycles. The summed E-state index contributed by atoms with van der Waals surface area (Å²) in [5, 5.41) is 40.0. The number of aromatic nitrogens is 1. The fourth-order valence-electron chi connectivity index (χ4n) is 4.49. The van der Waals surface area contributed by atoms with Gasteiger partial charge in [-0.3, -0.25) is 0 Å². The van der Waals surface area contributed by atoms with Crippen LogP contribution in [0.25, 0.3) is 10.9 Å². The van der Waals surface area contributed by atoms with Gasteiger partial charge in [-0.05, 0) is 54.0 Å². The highest BCUT2D eigenvalue weighted by molar-refractivity contribution is 6.35. The van der Waals surface area contributed by atoms with Gasteiger partial charge in [0.05, 0.1) is 10.5 Å². The molecule has 1 saturated carbocycles. The molecule has 162 valence electrons. The Hall–Kier alpha value is -2.22. The number of aliphatic hydroxyl groups is 3. The Morgan fingerprint density at radius 3 is 2.45 bits per heavy atom. The van der Waals surface area contributed by atoms with Crippen molar-refractivity contribution in [2.45, 2.75) is 55.8 Å². The molecule has 0 spiro atoms. The summed E-state index contributed by atoms with van der Waals surface area (Å²) in [7, 11) is 0. The van der Waals surface area contributed by atoms with Crippen LogP contribution in [0, 0.1) is 5.41 Å². The van der Waals surface area contributed by atoms with Crippen molar-refractivity contribution in [3.63, 3.8) is 0 Å². The van der Waals surface area contributed by atoms with Gasteiger partial charge in [-0.15, -0.1) is 0 Å². The van der Waals surface area contributed by atoms with Gasteiger partial charge in [-0.2, -0.15) is 0 Å². The van der Waals surface area contributed by atoms with Gasteiger partial charge in [0.15, 0.2) is 6.23 Å². The summed E-state index contributed by atoms with van der Waals surface area (Å²) in [6.07, 6.45) is -0.119. The third kappa shape index (κ3) is 3.69. The zero-order valence-corrected chi connectivity index (χ0v) is 17.6. The van der Waals surface area contributed by atoms with Gasteiger partial charge in [0.2, 0.25) is 0 Å². The largest absolute Gasteiger partial charge is 0.387 e. The molecule has 2 fully saturated rings. The molecule has 0 unspecified atom stereocenters. The first kappa shape index (κ1) is 20.7. The normalized spacial score (nSPS) is 28.7. The van der Waals surface area contributed by atoms with Gasteiger partial charge in [0, 0.05) is 17.8 Å². The van der Waals surface area contributed by atoms with Gasteiger partial charge in [-0.1, -0.05) is 41.9 Å². The van der Waals surface area contributed by atoms with Crippen LogP contribution in [0.3, 0.4) is 0 Å². The van der Waals surface area contributed by atoms with Gasteiger partial charge in [0.1, 0.15) is 24.4 Å². The highest BCUT2D eigenvalue weighted by Gasteiger charge is 2.44. The van der Waals surface area contributed by atoms with Crippen molar-refractivity contribution in [3.05, 3.63) is 70.4 Å². The van der Waals surface area contributed by atoms with E-state index in [-0.39, 0.29) is 0 Å². The summed E-state index contributed by atoms with van der Waals surface area (Å²) in [6, 6.07) is 14.2. The molecule has 1 aliphatic carbocycles. The van der Waals surface area contributed by atoms with E-state index in [9.17, 15) is 15.3 Å². The van der Waals surface area contributed by atoms with Gasteiger partial charge in [-0.25, -0.2) is 0 Å². The van der Waals surface area contributed by atoms with Crippen LogP contribution in [0.2, 0.25) is 5.02 Å². The minimum Gasteiger partial charge on any atom is -0.387 e. The Balaban J connectivity index is 1.53. The standard InChI is InChI=1S/C24H25ClN2O4/c25-17-2-1-3-18-20(17)16(10-13-4-6-14(7-5-13)15-8-9-15)12-27(18)24-23(30)22(29)21(28)19(11-26)31-24/h1-7,11-12,15,19,21-24,26,28-30H,8-10H2/t19-,21-,22+,23-,24-/m1/s1. The van der Waals surface area contributed by atoms with Crippen LogP contribution in [0.1, 0.15) is 41.7 Å². The molecular weight excluding hydrogens is 416 g/mol. The smallest absolute Gasteiger partial charge is 0.163 e. The molecule has 0 bridgehead atoms. The van der Waals surface area contributed by atoms with E-state index in [4.69, 9.17) is 21.7 Å². The summed E-state index contributed by atoms with van der Waals surface area (Å²) in [5.41, 5.74) is 4.27. The summed E-state index contributed by atoms with van der Waals surface area (Å²) in [6.45, 7) is 0. The molecule has 6 nitrogen and oxygen atoms in total. The number of halogens is 1. The highest BCUT2D eigenvalue weighted by atomic mass is 35.5. The molecule has 31 heavy (non-hydrogen) atoms. The number of ether oxygens (including phenoxy) is 1. The maximum absolute atomic E-state index is 10.6. The van der Waals surface area contributed by atoms with E-state index >= 15 is 0 Å². The number of hydrogen-bond donors (Lipinski definition) is 4. The van der Waals surface area contributed by atoms with E-state index in [1.54, 1.807) is 4.57 Å². The Morgan fingerprint density at radius 1 is 1.03 bits per heavy atom. The third-order valence-corrected chi connectivity index (χ3v) is 6.69. The second-order valence-corrected chi connectivity index (χ2v) is 8.93. The molecule has 4 N–H and O–H groups in total. The highest BCUT2D eigenvalue weighted by Crippen LogP contribution is 2.40. The number of rotatable bonds is 5. The minimum atomic E-state index is -1.43. The van der Waals surface area contributed by atoms with Crippen LogP contribution in [0.15, 0.2) is 48.7 Å². The quantitative estimate of drug-likeness (QED) is 0.457. The lowest BCUT2D eigenvalue weighted by atomic mass is 9.98. The molecule has 0 radical (unpaired) electrons. The number of nitrogens with zero attached hydrogens (tertiary/aromatic N) is 1. The molecular formula is C24H25ClN2O4. The fourth-order valence-corrected chi connectivity index (χ4v) is 4.78. The zero-order valence-electron chi connectivity index (χ0n) is 16.9. The SMILES string of the molecule is N=C[C@H]1O[C@@H](n2cc(Cc3ccc(C4CC4)cc3)c3c(Cl)cccc32)[C@H](O)[C@@H](O)[C@@H]1O. The number of benzene rings is 2. The van der Waals surface area contributed by atoms with Crippen molar-refractivity contribution in [1.82, 2.24) is 4.57 Å². The average Bonchev–Trinajstić information content (AvgIpc) is 3.56. The first-order valence-electron chi connectivity index (χ1n) is 10.5. The van der Waals surface area contributed by atoms with E-state index in [1.165, 1.54) is 18.4 Å². The van der Waals surface area contributed by atoms with Crippen LogP contribution in [0.4, 0.5) is 0 Å². The Labute approximate surface area is 185 Å². The van der Waals surface area contributed by atoms with Crippen molar-refractivity contribution in [3.8, 4) is 0 Å². The monoisotopic (exact) mass is 440 g/mol. The van der Waals surface area contributed by atoms with Crippen molar-refractivity contribution in [2.24, 2.45) is 0 Å². The zero-order chi connectivity index (χ0) is 21.7. The van der Waals surface area contributed by atoms with Crippen LogP contribution in [0.5, 0.6) is 0 Å². The van der Waals surface area contributed by atoms with Crippen LogP contribution < -0.4 is 0 Å². The predicted molar refractivity (Wildman–Crippen MR) is 119 cm³/mol. The molecule has 0 amide bonds. The predicted octanol–water partition coefficient (Wildman–Crippen LogP) is 3.39. The summed E-state index contributed by atoms with van der Waals surface area (Å²) >= 11 is 6.56. The van der Waals surface area contributed by atoms with E-state index in [1.807, 2.05) is 24.4 Å². The number of aliphatic hydroxyl groups excluding tert-OH is 3. The topological polar surface area (TPSA) is 98.7 Å². The van der Waals surface area contributed by atoms with Crippen molar-refractivity contribution in [1.29, 1.82) is 5.41 Å². The lowest BCUT2D eigenvalue weighted by Crippen LogP contribution is -2.55. The first-order chi connectivity index (χ1) is 15.0. The van der Waals surface area contributed by atoms with E-state index in [0.717, 1.165) is 28.2 Å². The Bertz CT molecular complexity index is 1110. The maximum Gasteiger partial charge on any atom is 0.163 e. The number of fused-ring (bicyclic) bond motifs is 1. The molecule has 1 saturated heterocycles. The van der Waals surface area contributed by atoms with Crippen molar-refractivity contribution >= 4 is 28.7 Å². The van der Waals surface area contributed by atoms with Gasteiger partial charge in [0.25, 0.3) is 0 Å². The minimum absolute atomic E-state index is 0.593. The van der Waals surface area contributed by atoms with Gasteiger partial charge < -0.3 is 30.0 Å². The van der Waals surface area contributed by atoms with Crippen molar-refractivity contribution < 1.29 is 20.1 Å². The molecule has 2 aliphatic rings. The maximum atomic E-state index is 10.6. The molecule has 1 aromatic heterocycles. The first-order valence-corrected chi connectivity index (χ1v) is 10.9. The van der Waals surface area contributed by atoms with Crippen molar-refractivity contribution in [2.75, 3.05) is 0 Å². The second-order valence-electron chi connectivity index (χ2n) is 8.52. The van der Waals surface area contributed by atoms with Crippen LogP contribution in [-0.2, 0) is 11.2 Å². The van der Waals surface area contributed by atoms with Crippen LogP contribution >= 0.6 is 11.6 Å². The molecule has 2 aromatic carbocycles. The fraction of sp³-hybridized carbons (Fsp3) is 0.375. The summed E-state index contributed by atoms with van der Waals surface area (Å²) < 4.78 is 7.54. The lowest BCUT2D eigenvalue weighted by molar-refractivity contribution is -0.225. The third-order valence-electron chi connectivity index (χ3n) is 6.37.